The Morgan fingerprint density at radius 2 is 1.95 bits per heavy atom. The molecule has 0 saturated carbocycles. The van der Waals surface area contributed by atoms with Gasteiger partial charge in [-0.05, 0) is 26.3 Å². The third-order valence-corrected chi connectivity index (χ3v) is 3.27. The summed E-state index contributed by atoms with van der Waals surface area (Å²) in [7, 11) is 2.14. The van der Waals surface area contributed by atoms with Crippen molar-refractivity contribution in [3.05, 3.63) is 17.5 Å². The fourth-order valence-corrected chi connectivity index (χ4v) is 2.09. The summed E-state index contributed by atoms with van der Waals surface area (Å²) in [5.74, 6) is 1.66. The van der Waals surface area contributed by atoms with Crippen molar-refractivity contribution in [2.24, 2.45) is 5.92 Å². The van der Waals surface area contributed by atoms with Crippen molar-refractivity contribution in [3.8, 4) is 0 Å². The average molecular weight is 267 g/mol. The molecule has 1 aromatic rings. The number of hydrogen-bond donors (Lipinski definition) is 1. The van der Waals surface area contributed by atoms with Crippen LogP contribution in [0.25, 0.3) is 0 Å². The lowest BCUT2D eigenvalue weighted by atomic mass is 10.0. The van der Waals surface area contributed by atoms with Gasteiger partial charge >= 0.3 is 0 Å². The Morgan fingerprint density at radius 1 is 1.26 bits per heavy atom. The second-order valence-electron chi connectivity index (χ2n) is 6.21. The maximum Gasteiger partial charge on any atom is 0.151 e. The van der Waals surface area contributed by atoms with Crippen LogP contribution >= 0.6 is 0 Å². The molecule has 1 rings (SSSR count). The van der Waals surface area contributed by atoms with Gasteiger partial charge in [0.2, 0.25) is 0 Å². The van der Waals surface area contributed by atoms with Crippen LogP contribution in [-0.2, 0) is 13.1 Å². The lowest BCUT2D eigenvalue weighted by molar-refractivity contribution is 0.197. The van der Waals surface area contributed by atoms with E-state index >= 15 is 0 Å². The molecule has 0 amide bonds. The molecule has 0 bridgehead atoms. The summed E-state index contributed by atoms with van der Waals surface area (Å²) in [6, 6.07) is 3.07. The molecule has 0 saturated heterocycles. The molecule has 0 aliphatic carbocycles. The highest BCUT2D eigenvalue weighted by Crippen LogP contribution is 2.13. The molecule has 0 radical (unpaired) electrons. The van der Waals surface area contributed by atoms with Crippen molar-refractivity contribution in [2.45, 2.75) is 66.2 Å². The normalized spacial score (nSPS) is 13.7. The van der Waals surface area contributed by atoms with Gasteiger partial charge in [0, 0.05) is 24.7 Å². The average Bonchev–Trinajstić information content (AvgIpc) is 2.73. The van der Waals surface area contributed by atoms with Gasteiger partial charge in [-0.25, -0.2) is 0 Å². The Bertz CT molecular complexity index is 360. The molecular weight excluding hydrogens is 238 g/mol. The van der Waals surface area contributed by atoms with E-state index in [1.54, 1.807) is 0 Å². The first kappa shape index (κ1) is 16.2. The van der Waals surface area contributed by atoms with Gasteiger partial charge in [0.25, 0.3) is 0 Å². The highest BCUT2D eigenvalue weighted by atomic mass is 16.5. The zero-order valence-electron chi connectivity index (χ0n) is 13.2. The molecule has 0 aliphatic rings. The minimum atomic E-state index is 0.467. The van der Waals surface area contributed by atoms with E-state index in [0.29, 0.717) is 12.1 Å². The maximum absolute atomic E-state index is 5.39. The summed E-state index contributed by atoms with van der Waals surface area (Å²) in [6.07, 6.45) is 1.20. The van der Waals surface area contributed by atoms with E-state index in [-0.39, 0.29) is 0 Å². The first-order valence-electron chi connectivity index (χ1n) is 7.26. The molecule has 1 atom stereocenters. The highest BCUT2D eigenvalue weighted by Gasteiger charge is 2.14. The summed E-state index contributed by atoms with van der Waals surface area (Å²) in [6.45, 7) is 12.6. The van der Waals surface area contributed by atoms with Crippen LogP contribution in [0, 0.1) is 5.92 Å². The quantitative estimate of drug-likeness (QED) is 0.786. The molecule has 0 fully saturated rings. The van der Waals surface area contributed by atoms with E-state index in [0.717, 1.165) is 30.5 Å². The molecule has 4 heteroatoms. The van der Waals surface area contributed by atoms with E-state index < -0.39 is 0 Å². The van der Waals surface area contributed by atoms with Crippen LogP contribution in [0.1, 0.15) is 52.5 Å². The monoisotopic (exact) mass is 267 g/mol. The fourth-order valence-electron chi connectivity index (χ4n) is 2.09. The van der Waals surface area contributed by atoms with E-state index in [4.69, 9.17) is 4.52 Å². The first-order chi connectivity index (χ1) is 8.88. The van der Waals surface area contributed by atoms with Gasteiger partial charge in [-0.2, -0.15) is 0 Å². The van der Waals surface area contributed by atoms with Crippen LogP contribution in [0.5, 0.6) is 0 Å². The van der Waals surface area contributed by atoms with Crippen molar-refractivity contribution in [1.29, 1.82) is 0 Å². The second kappa shape index (κ2) is 7.65. The van der Waals surface area contributed by atoms with E-state index in [2.05, 4.69) is 57.0 Å². The zero-order chi connectivity index (χ0) is 14.4. The standard InChI is InChI=1S/C15H29N3O/c1-11(2)7-13(5)18(6)10-15-8-14(17-19-15)9-16-12(3)4/h8,11-13,16H,7,9-10H2,1-6H3. The third-order valence-electron chi connectivity index (χ3n) is 3.27. The van der Waals surface area contributed by atoms with Gasteiger partial charge in [-0.3, -0.25) is 4.90 Å². The Hall–Kier alpha value is -0.870. The number of rotatable bonds is 8. The molecule has 1 aromatic heterocycles. The van der Waals surface area contributed by atoms with Gasteiger partial charge < -0.3 is 9.84 Å². The van der Waals surface area contributed by atoms with Gasteiger partial charge in [-0.15, -0.1) is 0 Å². The van der Waals surface area contributed by atoms with Gasteiger partial charge in [0.05, 0.1) is 12.2 Å². The molecule has 1 unspecified atom stereocenters. The molecule has 0 aliphatic heterocycles. The van der Waals surface area contributed by atoms with Crippen LogP contribution in [0.4, 0.5) is 0 Å². The number of aromatic nitrogens is 1. The smallest absolute Gasteiger partial charge is 0.151 e. The zero-order valence-corrected chi connectivity index (χ0v) is 13.2. The summed E-state index contributed by atoms with van der Waals surface area (Å²) in [5.41, 5.74) is 0.980. The number of hydrogen-bond acceptors (Lipinski definition) is 4. The third kappa shape index (κ3) is 6.21. The topological polar surface area (TPSA) is 41.3 Å². The molecule has 4 nitrogen and oxygen atoms in total. The minimum Gasteiger partial charge on any atom is -0.360 e. The Morgan fingerprint density at radius 3 is 2.53 bits per heavy atom. The van der Waals surface area contributed by atoms with E-state index in [1.165, 1.54) is 6.42 Å². The molecule has 110 valence electrons. The lowest BCUT2D eigenvalue weighted by Crippen LogP contribution is -2.29. The molecule has 1 heterocycles. The summed E-state index contributed by atoms with van der Waals surface area (Å²) in [5, 5.41) is 7.44. The largest absolute Gasteiger partial charge is 0.360 e. The Kier molecular flexibility index (Phi) is 6.52. The minimum absolute atomic E-state index is 0.467. The van der Waals surface area contributed by atoms with Crippen LogP contribution in [0.15, 0.2) is 10.6 Å². The maximum atomic E-state index is 5.39. The molecular formula is C15H29N3O. The van der Waals surface area contributed by atoms with Crippen molar-refractivity contribution in [3.63, 3.8) is 0 Å². The predicted octanol–water partition coefficient (Wildman–Crippen LogP) is 3.04. The molecule has 19 heavy (non-hydrogen) atoms. The number of nitrogens with zero attached hydrogens (tertiary/aromatic N) is 2. The van der Waals surface area contributed by atoms with Crippen molar-refractivity contribution >= 4 is 0 Å². The lowest BCUT2D eigenvalue weighted by Gasteiger charge is -2.24. The van der Waals surface area contributed by atoms with Crippen LogP contribution < -0.4 is 5.32 Å². The van der Waals surface area contributed by atoms with Crippen LogP contribution in [-0.4, -0.2) is 29.2 Å². The highest BCUT2D eigenvalue weighted by molar-refractivity contribution is 5.05. The van der Waals surface area contributed by atoms with Gasteiger partial charge in [0.15, 0.2) is 5.76 Å². The first-order valence-corrected chi connectivity index (χ1v) is 7.26. The predicted molar refractivity (Wildman–Crippen MR) is 78.9 cm³/mol. The summed E-state index contributed by atoms with van der Waals surface area (Å²) in [4.78, 5) is 2.32. The second-order valence-corrected chi connectivity index (χ2v) is 6.21. The van der Waals surface area contributed by atoms with Gasteiger partial charge in [0.1, 0.15) is 0 Å². The van der Waals surface area contributed by atoms with E-state index in [9.17, 15) is 0 Å². The number of nitrogens with one attached hydrogen (secondary N) is 1. The molecule has 0 aromatic carbocycles. The fraction of sp³-hybridized carbons (Fsp3) is 0.800. The van der Waals surface area contributed by atoms with Crippen molar-refractivity contribution in [2.75, 3.05) is 7.05 Å². The van der Waals surface area contributed by atoms with Crippen LogP contribution in [0.2, 0.25) is 0 Å². The molecule has 1 N–H and O–H groups in total. The van der Waals surface area contributed by atoms with E-state index in [1.807, 2.05) is 6.07 Å². The Labute approximate surface area is 117 Å². The van der Waals surface area contributed by atoms with Gasteiger partial charge in [-0.1, -0.05) is 32.9 Å². The Balaban J connectivity index is 2.44. The summed E-state index contributed by atoms with van der Waals surface area (Å²) >= 11 is 0. The van der Waals surface area contributed by atoms with Crippen molar-refractivity contribution < 1.29 is 4.52 Å². The SMILES string of the molecule is CC(C)CC(C)N(C)Cc1cc(CNC(C)C)no1. The molecule has 0 spiro atoms. The van der Waals surface area contributed by atoms with Crippen LogP contribution in [0.3, 0.4) is 0 Å². The summed E-state index contributed by atoms with van der Waals surface area (Å²) < 4.78 is 5.39. The van der Waals surface area contributed by atoms with Crippen molar-refractivity contribution in [1.82, 2.24) is 15.4 Å².